The van der Waals surface area contributed by atoms with Crippen LogP contribution in [0, 0.1) is 5.92 Å². The molecule has 3 aliphatic rings. The Hall–Kier alpha value is -0.120. The van der Waals surface area contributed by atoms with Gasteiger partial charge in [0.15, 0.2) is 0 Å². The van der Waals surface area contributed by atoms with Crippen LogP contribution in [0.3, 0.4) is 0 Å². The first kappa shape index (κ1) is 11.0. The summed E-state index contributed by atoms with van der Waals surface area (Å²) < 4.78 is 0. The largest absolute Gasteiger partial charge is 0.326 e. The van der Waals surface area contributed by atoms with Gasteiger partial charge in [0.05, 0.1) is 0 Å². The molecule has 2 unspecified atom stereocenters. The monoisotopic (exact) mass is 223 g/mol. The summed E-state index contributed by atoms with van der Waals surface area (Å²) in [6, 6.07) is 1.29. The van der Waals surface area contributed by atoms with Crippen molar-refractivity contribution >= 4 is 0 Å². The quantitative estimate of drug-likeness (QED) is 0.771. The van der Waals surface area contributed by atoms with Crippen molar-refractivity contribution in [3.63, 3.8) is 0 Å². The van der Waals surface area contributed by atoms with Gasteiger partial charge in [0.25, 0.3) is 0 Å². The van der Waals surface area contributed by atoms with Crippen LogP contribution in [-0.2, 0) is 0 Å². The molecular formula is C13H25N3. The second kappa shape index (κ2) is 4.63. The summed E-state index contributed by atoms with van der Waals surface area (Å²) in [4.78, 5) is 5.33. The highest BCUT2D eigenvalue weighted by molar-refractivity contribution is 4.89. The number of fused-ring (bicyclic) bond motifs is 1. The summed E-state index contributed by atoms with van der Waals surface area (Å²) in [7, 11) is 0. The van der Waals surface area contributed by atoms with Crippen LogP contribution < -0.4 is 5.73 Å². The zero-order chi connectivity index (χ0) is 11.0. The predicted molar refractivity (Wildman–Crippen MR) is 66.4 cm³/mol. The summed E-state index contributed by atoms with van der Waals surface area (Å²) in [6.07, 6.45) is 6.92. The summed E-state index contributed by atoms with van der Waals surface area (Å²) >= 11 is 0. The molecule has 2 heterocycles. The standard InChI is InChI=1S/C13H25N3/c14-13(11-4-5-11)10-15-6-2-8-16-7-1-3-12(16)9-15/h11-13H,1-10,14H2. The molecule has 3 heteroatoms. The molecule has 3 rings (SSSR count). The van der Waals surface area contributed by atoms with Crippen LogP contribution in [0.1, 0.15) is 32.1 Å². The van der Waals surface area contributed by atoms with E-state index in [-0.39, 0.29) is 0 Å². The normalized spacial score (nSPS) is 34.7. The third-order valence-electron chi connectivity index (χ3n) is 4.58. The Bertz CT molecular complexity index is 239. The molecule has 0 amide bonds. The Kier molecular flexibility index (Phi) is 3.18. The van der Waals surface area contributed by atoms with Crippen molar-refractivity contribution in [2.45, 2.75) is 44.2 Å². The van der Waals surface area contributed by atoms with Crippen LogP contribution in [0.5, 0.6) is 0 Å². The van der Waals surface area contributed by atoms with Crippen LogP contribution in [0.25, 0.3) is 0 Å². The number of nitrogens with zero attached hydrogens (tertiary/aromatic N) is 2. The Morgan fingerprint density at radius 1 is 1.06 bits per heavy atom. The minimum atomic E-state index is 0.452. The predicted octanol–water partition coefficient (Wildman–Crippen LogP) is 0.894. The lowest BCUT2D eigenvalue weighted by Crippen LogP contribution is -2.43. The molecule has 92 valence electrons. The smallest absolute Gasteiger partial charge is 0.0223 e. The van der Waals surface area contributed by atoms with Gasteiger partial charge < -0.3 is 10.6 Å². The van der Waals surface area contributed by atoms with Crippen LogP contribution in [0.2, 0.25) is 0 Å². The molecule has 2 N–H and O–H groups in total. The summed E-state index contributed by atoms with van der Waals surface area (Å²) in [5.41, 5.74) is 6.24. The van der Waals surface area contributed by atoms with E-state index >= 15 is 0 Å². The minimum Gasteiger partial charge on any atom is -0.326 e. The van der Waals surface area contributed by atoms with Crippen LogP contribution in [0.4, 0.5) is 0 Å². The van der Waals surface area contributed by atoms with Gasteiger partial charge in [0.2, 0.25) is 0 Å². The van der Waals surface area contributed by atoms with E-state index in [1.165, 1.54) is 58.3 Å². The van der Waals surface area contributed by atoms with Gasteiger partial charge in [-0.1, -0.05) is 0 Å². The van der Waals surface area contributed by atoms with Crippen molar-refractivity contribution in [1.29, 1.82) is 0 Å². The maximum atomic E-state index is 6.24. The molecule has 2 saturated heterocycles. The zero-order valence-electron chi connectivity index (χ0n) is 10.3. The Labute approximate surface area is 99.0 Å². The van der Waals surface area contributed by atoms with Gasteiger partial charge in [-0.15, -0.1) is 0 Å². The summed E-state index contributed by atoms with van der Waals surface area (Å²) in [6.45, 7) is 6.36. The first-order valence-corrected chi connectivity index (χ1v) is 7.05. The van der Waals surface area contributed by atoms with Crippen LogP contribution >= 0.6 is 0 Å². The Balaban J connectivity index is 1.53. The topological polar surface area (TPSA) is 32.5 Å². The number of hydrogen-bond acceptors (Lipinski definition) is 3. The summed E-state index contributed by atoms with van der Waals surface area (Å²) in [5.74, 6) is 0.850. The van der Waals surface area contributed by atoms with Crippen molar-refractivity contribution < 1.29 is 0 Å². The molecule has 1 aliphatic carbocycles. The minimum absolute atomic E-state index is 0.452. The molecule has 0 aromatic carbocycles. The van der Waals surface area contributed by atoms with Gasteiger partial charge in [0.1, 0.15) is 0 Å². The third-order valence-corrected chi connectivity index (χ3v) is 4.58. The first-order valence-electron chi connectivity index (χ1n) is 7.05. The lowest BCUT2D eigenvalue weighted by molar-refractivity contribution is 0.209. The van der Waals surface area contributed by atoms with E-state index in [9.17, 15) is 0 Å². The molecule has 2 atom stereocenters. The molecule has 0 aromatic heterocycles. The molecule has 2 aliphatic heterocycles. The molecule has 0 aromatic rings. The van der Waals surface area contributed by atoms with E-state index in [0.717, 1.165) is 18.5 Å². The van der Waals surface area contributed by atoms with Crippen LogP contribution in [-0.4, -0.2) is 54.6 Å². The van der Waals surface area contributed by atoms with E-state index < -0.39 is 0 Å². The van der Waals surface area contributed by atoms with Gasteiger partial charge >= 0.3 is 0 Å². The van der Waals surface area contributed by atoms with Crippen molar-refractivity contribution in [2.75, 3.05) is 32.7 Å². The van der Waals surface area contributed by atoms with E-state index in [1.807, 2.05) is 0 Å². The molecule has 3 fully saturated rings. The highest BCUT2D eigenvalue weighted by atomic mass is 15.3. The molecule has 3 nitrogen and oxygen atoms in total. The fourth-order valence-electron chi connectivity index (χ4n) is 3.42. The first-order chi connectivity index (χ1) is 7.83. The maximum Gasteiger partial charge on any atom is 0.0223 e. The molecule has 0 spiro atoms. The van der Waals surface area contributed by atoms with Crippen molar-refractivity contribution in [2.24, 2.45) is 11.7 Å². The lowest BCUT2D eigenvalue weighted by Gasteiger charge is -2.27. The van der Waals surface area contributed by atoms with E-state index in [2.05, 4.69) is 9.80 Å². The van der Waals surface area contributed by atoms with Gasteiger partial charge in [-0.3, -0.25) is 4.90 Å². The van der Waals surface area contributed by atoms with E-state index in [1.54, 1.807) is 0 Å². The van der Waals surface area contributed by atoms with Gasteiger partial charge in [0, 0.05) is 25.2 Å². The molecule has 16 heavy (non-hydrogen) atoms. The molecule has 0 bridgehead atoms. The third kappa shape index (κ3) is 2.41. The average Bonchev–Trinajstić information content (AvgIpc) is 3.05. The summed E-state index contributed by atoms with van der Waals surface area (Å²) in [5, 5.41) is 0. The Morgan fingerprint density at radius 2 is 1.88 bits per heavy atom. The second-order valence-electron chi connectivity index (χ2n) is 5.95. The van der Waals surface area contributed by atoms with Crippen molar-refractivity contribution in [3.8, 4) is 0 Å². The van der Waals surface area contributed by atoms with Crippen LogP contribution in [0.15, 0.2) is 0 Å². The number of rotatable bonds is 3. The lowest BCUT2D eigenvalue weighted by atomic mass is 10.1. The molecular weight excluding hydrogens is 198 g/mol. The highest BCUT2D eigenvalue weighted by Crippen LogP contribution is 2.32. The number of hydrogen-bond donors (Lipinski definition) is 1. The van der Waals surface area contributed by atoms with E-state index in [4.69, 9.17) is 5.73 Å². The molecule has 1 saturated carbocycles. The fourth-order valence-corrected chi connectivity index (χ4v) is 3.42. The fraction of sp³-hybridized carbons (Fsp3) is 1.00. The highest BCUT2D eigenvalue weighted by Gasteiger charge is 2.32. The second-order valence-corrected chi connectivity index (χ2v) is 5.95. The maximum absolute atomic E-state index is 6.24. The van der Waals surface area contributed by atoms with Crippen molar-refractivity contribution in [3.05, 3.63) is 0 Å². The van der Waals surface area contributed by atoms with Gasteiger partial charge in [-0.25, -0.2) is 0 Å². The molecule has 0 radical (unpaired) electrons. The van der Waals surface area contributed by atoms with Gasteiger partial charge in [-0.2, -0.15) is 0 Å². The van der Waals surface area contributed by atoms with E-state index in [0.29, 0.717) is 6.04 Å². The average molecular weight is 223 g/mol. The SMILES string of the molecule is NC(CN1CCCN2CCCC2C1)C1CC1. The van der Waals surface area contributed by atoms with Crippen molar-refractivity contribution in [1.82, 2.24) is 9.80 Å². The number of nitrogens with two attached hydrogens (primary N) is 1. The zero-order valence-corrected chi connectivity index (χ0v) is 10.3. The van der Waals surface area contributed by atoms with Gasteiger partial charge in [-0.05, 0) is 57.7 Å². The Morgan fingerprint density at radius 3 is 2.69 bits per heavy atom.